The second-order valence-corrected chi connectivity index (χ2v) is 6.58. The van der Waals surface area contributed by atoms with Crippen LogP contribution in [0.4, 0.5) is 0 Å². The molecule has 4 heteroatoms. The molecule has 1 fully saturated rings. The summed E-state index contributed by atoms with van der Waals surface area (Å²) in [5.74, 6) is 1.74. The summed E-state index contributed by atoms with van der Waals surface area (Å²) in [5, 5.41) is 13.0. The van der Waals surface area contributed by atoms with Crippen molar-refractivity contribution in [2.24, 2.45) is 5.41 Å². The highest BCUT2D eigenvalue weighted by atomic mass is 16.6. The smallest absolute Gasteiger partial charge is 0.165 e. The Morgan fingerprint density at radius 1 is 1.09 bits per heavy atom. The van der Waals surface area contributed by atoms with Crippen molar-refractivity contribution in [1.29, 1.82) is 0 Å². The van der Waals surface area contributed by atoms with Gasteiger partial charge in [0.25, 0.3) is 0 Å². The number of ether oxygens (including phenoxy) is 2. The molecule has 0 saturated heterocycles. The van der Waals surface area contributed by atoms with E-state index in [1.807, 2.05) is 12.1 Å². The molecule has 0 atom stereocenters. The van der Waals surface area contributed by atoms with Crippen molar-refractivity contribution in [3.63, 3.8) is 0 Å². The first-order chi connectivity index (χ1) is 10.8. The summed E-state index contributed by atoms with van der Waals surface area (Å²) >= 11 is 0. The average Bonchev–Trinajstić information content (AvgIpc) is 2.56. The Labute approximate surface area is 132 Å². The quantitative estimate of drug-likeness (QED) is 0.848. The number of hydrogen-bond acceptors (Lipinski definition) is 4. The molecule has 1 aromatic carbocycles. The van der Waals surface area contributed by atoms with Gasteiger partial charge in [-0.2, -0.15) is 0 Å². The van der Waals surface area contributed by atoms with Crippen LogP contribution in [-0.2, 0) is 6.54 Å². The highest BCUT2D eigenvalue weighted by Crippen LogP contribution is 2.39. The second kappa shape index (κ2) is 7.34. The topological polar surface area (TPSA) is 50.7 Å². The van der Waals surface area contributed by atoms with Crippen LogP contribution in [0.25, 0.3) is 0 Å². The lowest BCUT2D eigenvalue weighted by Crippen LogP contribution is -2.36. The minimum Gasteiger partial charge on any atom is -0.486 e. The average molecular weight is 305 g/mol. The van der Waals surface area contributed by atoms with Crippen molar-refractivity contribution in [2.75, 3.05) is 26.4 Å². The van der Waals surface area contributed by atoms with Crippen LogP contribution in [0.1, 0.15) is 44.1 Å². The van der Waals surface area contributed by atoms with Gasteiger partial charge < -0.3 is 19.9 Å². The number of para-hydroxylation sites is 1. The van der Waals surface area contributed by atoms with Crippen molar-refractivity contribution in [1.82, 2.24) is 5.32 Å². The molecule has 1 aromatic rings. The first-order valence-corrected chi connectivity index (χ1v) is 8.52. The molecule has 1 aliphatic carbocycles. The van der Waals surface area contributed by atoms with Gasteiger partial charge in [-0.25, -0.2) is 0 Å². The van der Waals surface area contributed by atoms with Crippen molar-refractivity contribution in [3.05, 3.63) is 23.8 Å². The van der Waals surface area contributed by atoms with Crippen LogP contribution in [0, 0.1) is 5.41 Å². The minimum atomic E-state index is 0.277. The molecule has 0 spiro atoms. The summed E-state index contributed by atoms with van der Waals surface area (Å²) in [6, 6.07) is 6.08. The van der Waals surface area contributed by atoms with E-state index in [-0.39, 0.29) is 5.41 Å². The lowest BCUT2D eigenvalue weighted by atomic mass is 9.72. The Hall–Kier alpha value is -1.26. The number of aliphatic hydroxyl groups excluding tert-OH is 1. The Balaban J connectivity index is 1.60. The molecule has 0 unspecified atom stereocenters. The fraction of sp³-hybridized carbons (Fsp3) is 0.667. The summed E-state index contributed by atoms with van der Waals surface area (Å²) < 4.78 is 11.4. The molecule has 4 nitrogen and oxygen atoms in total. The summed E-state index contributed by atoms with van der Waals surface area (Å²) in [7, 11) is 0. The van der Waals surface area contributed by atoms with E-state index in [1.54, 1.807) is 0 Å². The van der Waals surface area contributed by atoms with E-state index >= 15 is 0 Å². The Bertz CT molecular complexity index is 478. The molecule has 0 radical (unpaired) electrons. The van der Waals surface area contributed by atoms with E-state index in [1.165, 1.54) is 32.1 Å². The highest BCUT2D eigenvalue weighted by Gasteiger charge is 2.31. The van der Waals surface area contributed by atoms with Crippen LogP contribution in [-0.4, -0.2) is 31.5 Å². The molecular formula is C18H27NO3. The monoisotopic (exact) mass is 305 g/mol. The summed E-state index contributed by atoms with van der Waals surface area (Å²) in [4.78, 5) is 0. The van der Waals surface area contributed by atoms with Gasteiger partial charge in [-0.3, -0.25) is 0 Å². The zero-order chi connectivity index (χ0) is 15.3. The number of hydrogen-bond donors (Lipinski definition) is 2. The molecule has 0 bridgehead atoms. The van der Waals surface area contributed by atoms with Gasteiger partial charge in [-0.15, -0.1) is 0 Å². The summed E-state index contributed by atoms with van der Waals surface area (Å²) in [6.07, 6.45) is 7.29. The summed E-state index contributed by atoms with van der Waals surface area (Å²) in [5.41, 5.74) is 1.44. The second-order valence-electron chi connectivity index (χ2n) is 6.58. The van der Waals surface area contributed by atoms with E-state index < -0.39 is 0 Å². The van der Waals surface area contributed by atoms with Crippen molar-refractivity contribution >= 4 is 0 Å². The normalized spacial score (nSPS) is 19.9. The van der Waals surface area contributed by atoms with Gasteiger partial charge in [0.15, 0.2) is 11.5 Å². The minimum absolute atomic E-state index is 0.277. The van der Waals surface area contributed by atoms with Crippen molar-refractivity contribution in [3.8, 4) is 11.5 Å². The van der Waals surface area contributed by atoms with Gasteiger partial charge in [-0.1, -0.05) is 31.4 Å². The molecule has 2 N–H and O–H groups in total. The predicted octanol–water partition coefficient (Wildman–Crippen LogP) is 2.88. The predicted molar refractivity (Wildman–Crippen MR) is 86.4 cm³/mol. The maximum atomic E-state index is 9.39. The largest absolute Gasteiger partial charge is 0.486 e. The van der Waals surface area contributed by atoms with Crippen molar-refractivity contribution < 1.29 is 14.6 Å². The van der Waals surface area contributed by atoms with Gasteiger partial charge >= 0.3 is 0 Å². The standard InChI is InChI=1S/C18H27NO3/c20-10-9-18(7-2-1-3-8-18)14-19-13-15-5-4-6-16-17(15)22-12-11-21-16/h4-6,19-20H,1-3,7-14H2. The van der Waals surface area contributed by atoms with E-state index in [4.69, 9.17) is 9.47 Å². The first kappa shape index (κ1) is 15.6. The molecule has 2 aliphatic rings. The molecule has 122 valence electrons. The third-order valence-electron chi connectivity index (χ3n) is 5.02. The molecule has 1 aliphatic heterocycles. The van der Waals surface area contributed by atoms with E-state index in [0.29, 0.717) is 19.8 Å². The van der Waals surface area contributed by atoms with Crippen LogP contribution >= 0.6 is 0 Å². The van der Waals surface area contributed by atoms with Gasteiger partial charge in [0, 0.05) is 25.3 Å². The Morgan fingerprint density at radius 2 is 1.91 bits per heavy atom. The van der Waals surface area contributed by atoms with E-state index in [9.17, 15) is 5.11 Å². The zero-order valence-corrected chi connectivity index (χ0v) is 13.3. The van der Waals surface area contributed by atoms with E-state index in [2.05, 4.69) is 11.4 Å². The number of benzene rings is 1. The van der Waals surface area contributed by atoms with Gasteiger partial charge in [0.1, 0.15) is 13.2 Å². The third kappa shape index (κ3) is 3.55. The third-order valence-corrected chi connectivity index (χ3v) is 5.02. The molecule has 1 heterocycles. The Morgan fingerprint density at radius 3 is 2.73 bits per heavy atom. The van der Waals surface area contributed by atoms with Gasteiger partial charge in [0.05, 0.1) is 0 Å². The van der Waals surface area contributed by atoms with E-state index in [0.717, 1.165) is 36.6 Å². The maximum Gasteiger partial charge on any atom is 0.165 e. The first-order valence-electron chi connectivity index (χ1n) is 8.52. The molecular weight excluding hydrogens is 278 g/mol. The van der Waals surface area contributed by atoms with Gasteiger partial charge in [-0.05, 0) is 30.7 Å². The highest BCUT2D eigenvalue weighted by molar-refractivity contribution is 5.47. The molecule has 0 aromatic heterocycles. The summed E-state index contributed by atoms with van der Waals surface area (Å²) in [6.45, 7) is 3.30. The number of aliphatic hydroxyl groups is 1. The fourth-order valence-corrected chi connectivity index (χ4v) is 3.79. The van der Waals surface area contributed by atoms with Crippen LogP contribution < -0.4 is 14.8 Å². The maximum absolute atomic E-state index is 9.39. The van der Waals surface area contributed by atoms with Crippen molar-refractivity contribution in [2.45, 2.75) is 45.1 Å². The lowest BCUT2D eigenvalue weighted by Gasteiger charge is -2.37. The SMILES string of the molecule is OCCC1(CNCc2cccc3c2OCCO3)CCCCC1. The van der Waals surface area contributed by atoms with Crippen LogP contribution in [0.3, 0.4) is 0 Å². The molecule has 3 rings (SSSR count). The molecule has 0 amide bonds. The lowest BCUT2D eigenvalue weighted by molar-refractivity contribution is 0.125. The number of nitrogens with one attached hydrogen (secondary N) is 1. The van der Waals surface area contributed by atoms with Crippen LogP contribution in [0.5, 0.6) is 11.5 Å². The van der Waals surface area contributed by atoms with Gasteiger partial charge in [0.2, 0.25) is 0 Å². The van der Waals surface area contributed by atoms with Crippen LogP contribution in [0.2, 0.25) is 0 Å². The number of rotatable bonds is 6. The van der Waals surface area contributed by atoms with Crippen LogP contribution in [0.15, 0.2) is 18.2 Å². The fourth-order valence-electron chi connectivity index (χ4n) is 3.79. The Kier molecular flexibility index (Phi) is 5.21. The zero-order valence-electron chi connectivity index (χ0n) is 13.3. The number of fused-ring (bicyclic) bond motifs is 1. The molecule has 22 heavy (non-hydrogen) atoms. The molecule has 1 saturated carbocycles.